The van der Waals surface area contributed by atoms with Gasteiger partial charge in [0.2, 0.25) is 0 Å². The molecule has 0 aliphatic rings. The van der Waals surface area contributed by atoms with Gasteiger partial charge in [-0.05, 0) is 30.3 Å². The zero-order valence-electron chi connectivity index (χ0n) is 10.0. The van der Waals surface area contributed by atoms with Crippen LogP contribution >= 0.6 is 27.5 Å². The van der Waals surface area contributed by atoms with E-state index in [1.165, 1.54) is 7.11 Å². The Morgan fingerprint density at radius 1 is 1.21 bits per heavy atom. The molecule has 5 heteroatoms. The van der Waals surface area contributed by atoms with E-state index in [1.807, 2.05) is 12.1 Å². The molecule has 0 radical (unpaired) electrons. The van der Waals surface area contributed by atoms with E-state index in [1.54, 1.807) is 30.3 Å². The molecule has 0 amide bonds. The molecule has 0 spiro atoms. The van der Waals surface area contributed by atoms with Crippen molar-refractivity contribution in [2.75, 3.05) is 7.11 Å². The van der Waals surface area contributed by atoms with Gasteiger partial charge in [-0.15, -0.1) is 0 Å². The van der Waals surface area contributed by atoms with Crippen LogP contribution in [0.25, 0.3) is 0 Å². The molecule has 0 heterocycles. The van der Waals surface area contributed by atoms with Crippen LogP contribution in [0.5, 0.6) is 11.5 Å². The summed E-state index contributed by atoms with van der Waals surface area (Å²) in [7, 11) is 1.32. The first-order chi connectivity index (χ1) is 9.10. The molecular weight excluding hydrogens is 332 g/mol. The first kappa shape index (κ1) is 13.9. The third kappa shape index (κ3) is 3.49. The van der Waals surface area contributed by atoms with Crippen molar-refractivity contribution >= 4 is 33.5 Å². The normalized spacial score (nSPS) is 10.1. The maximum Gasteiger partial charge on any atom is 0.341 e. The van der Waals surface area contributed by atoms with E-state index in [9.17, 15) is 4.79 Å². The fourth-order valence-corrected chi connectivity index (χ4v) is 2.06. The number of benzene rings is 2. The Kier molecular flexibility index (Phi) is 4.45. The first-order valence-corrected chi connectivity index (χ1v) is 6.58. The molecule has 2 aromatic carbocycles. The Bertz CT molecular complexity index is 613. The summed E-state index contributed by atoms with van der Waals surface area (Å²) in [6, 6.07) is 12.1. The molecule has 0 bridgehead atoms. The van der Waals surface area contributed by atoms with Gasteiger partial charge in [0.15, 0.2) is 0 Å². The number of carbonyl (C=O) groups excluding carboxylic acids is 1. The average molecular weight is 342 g/mol. The lowest BCUT2D eigenvalue weighted by molar-refractivity contribution is 0.0598. The van der Waals surface area contributed by atoms with Gasteiger partial charge in [-0.3, -0.25) is 0 Å². The maximum absolute atomic E-state index is 11.6. The summed E-state index contributed by atoms with van der Waals surface area (Å²) >= 11 is 9.27. The summed E-state index contributed by atoms with van der Waals surface area (Å²) in [6.07, 6.45) is 0. The Morgan fingerprint density at radius 3 is 2.68 bits per heavy atom. The summed E-state index contributed by atoms with van der Waals surface area (Å²) in [5.41, 5.74) is 0.326. The number of halogens is 2. The van der Waals surface area contributed by atoms with Gasteiger partial charge in [-0.25, -0.2) is 4.79 Å². The van der Waals surface area contributed by atoms with Crippen LogP contribution in [0.1, 0.15) is 10.4 Å². The van der Waals surface area contributed by atoms with Crippen LogP contribution < -0.4 is 4.74 Å². The number of hydrogen-bond donors (Lipinski definition) is 0. The molecule has 19 heavy (non-hydrogen) atoms. The number of ether oxygens (including phenoxy) is 2. The molecule has 2 aromatic rings. The van der Waals surface area contributed by atoms with Crippen molar-refractivity contribution in [2.24, 2.45) is 0 Å². The van der Waals surface area contributed by atoms with Gasteiger partial charge in [-0.1, -0.05) is 33.6 Å². The molecule has 0 unspecified atom stereocenters. The van der Waals surface area contributed by atoms with Crippen LogP contribution in [0.4, 0.5) is 0 Å². The van der Waals surface area contributed by atoms with Gasteiger partial charge >= 0.3 is 5.97 Å². The molecule has 0 aromatic heterocycles. The molecule has 0 aliphatic carbocycles. The maximum atomic E-state index is 11.6. The lowest BCUT2D eigenvalue weighted by atomic mass is 10.2. The molecule has 98 valence electrons. The zero-order chi connectivity index (χ0) is 13.8. The van der Waals surface area contributed by atoms with Gasteiger partial charge < -0.3 is 9.47 Å². The van der Waals surface area contributed by atoms with Crippen LogP contribution in [0.15, 0.2) is 46.9 Å². The van der Waals surface area contributed by atoms with Crippen LogP contribution in [0, 0.1) is 0 Å². The van der Waals surface area contributed by atoms with Crippen molar-refractivity contribution in [1.29, 1.82) is 0 Å². The second-order valence-electron chi connectivity index (χ2n) is 3.69. The van der Waals surface area contributed by atoms with Crippen molar-refractivity contribution in [3.63, 3.8) is 0 Å². The Balaban J connectivity index is 2.38. The minimum atomic E-state index is -0.471. The molecule has 0 atom stereocenters. The highest BCUT2D eigenvalue weighted by Crippen LogP contribution is 2.30. The molecule has 2 rings (SSSR count). The highest BCUT2D eigenvalue weighted by Gasteiger charge is 2.14. The minimum absolute atomic E-state index is 0.326. The lowest BCUT2D eigenvalue weighted by Gasteiger charge is -2.10. The summed E-state index contributed by atoms with van der Waals surface area (Å²) in [6.45, 7) is 0. The average Bonchev–Trinajstić information content (AvgIpc) is 2.38. The van der Waals surface area contributed by atoms with E-state index in [0.717, 1.165) is 4.47 Å². The zero-order valence-corrected chi connectivity index (χ0v) is 12.4. The van der Waals surface area contributed by atoms with Crippen molar-refractivity contribution < 1.29 is 14.3 Å². The van der Waals surface area contributed by atoms with Crippen LogP contribution in [-0.2, 0) is 4.74 Å². The first-order valence-electron chi connectivity index (χ1n) is 5.41. The Labute approximate surface area is 124 Å². The van der Waals surface area contributed by atoms with Crippen molar-refractivity contribution in [3.8, 4) is 11.5 Å². The number of esters is 1. The summed E-state index contributed by atoms with van der Waals surface area (Å²) in [4.78, 5) is 11.6. The number of hydrogen-bond acceptors (Lipinski definition) is 3. The third-order valence-corrected chi connectivity index (χ3v) is 3.10. The van der Waals surface area contributed by atoms with E-state index >= 15 is 0 Å². The highest BCUT2D eigenvalue weighted by molar-refractivity contribution is 9.10. The SMILES string of the molecule is COC(=O)c1ccc(Cl)cc1Oc1cccc(Br)c1. The molecule has 0 aliphatic heterocycles. The van der Waals surface area contributed by atoms with E-state index in [0.29, 0.717) is 22.1 Å². The molecule has 0 saturated heterocycles. The number of carbonyl (C=O) groups is 1. The van der Waals surface area contributed by atoms with E-state index in [-0.39, 0.29) is 0 Å². The third-order valence-electron chi connectivity index (χ3n) is 2.37. The van der Waals surface area contributed by atoms with Gasteiger partial charge in [0, 0.05) is 15.6 Å². The van der Waals surface area contributed by atoms with Crippen LogP contribution in [0.3, 0.4) is 0 Å². The summed E-state index contributed by atoms with van der Waals surface area (Å²) < 4.78 is 11.3. The van der Waals surface area contributed by atoms with E-state index in [4.69, 9.17) is 21.1 Å². The van der Waals surface area contributed by atoms with Gasteiger partial charge in [0.25, 0.3) is 0 Å². The van der Waals surface area contributed by atoms with Crippen molar-refractivity contribution in [2.45, 2.75) is 0 Å². The highest BCUT2D eigenvalue weighted by atomic mass is 79.9. The molecule has 0 fully saturated rings. The second kappa shape index (κ2) is 6.08. The molecule has 0 N–H and O–H groups in total. The lowest BCUT2D eigenvalue weighted by Crippen LogP contribution is -2.03. The Hall–Kier alpha value is -1.52. The van der Waals surface area contributed by atoms with Gasteiger partial charge in [0.1, 0.15) is 17.1 Å². The summed E-state index contributed by atoms with van der Waals surface area (Å²) in [5, 5.41) is 0.484. The second-order valence-corrected chi connectivity index (χ2v) is 5.04. The quantitative estimate of drug-likeness (QED) is 0.760. The standard InChI is InChI=1S/C14H10BrClO3/c1-18-14(17)12-6-5-10(16)8-13(12)19-11-4-2-3-9(15)7-11/h2-8H,1H3. The minimum Gasteiger partial charge on any atom is -0.465 e. The topological polar surface area (TPSA) is 35.5 Å². The Morgan fingerprint density at radius 2 is 2.00 bits per heavy atom. The van der Waals surface area contributed by atoms with E-state index in [2.05, 4.69) is 15.9 Å². The van der Waals surface area contributed by atoms with E-state index < -0.39 is 5.97 Å². The number of methoxy groups -OCH3 is 1. The monoisotopic (exact) mass is 340 g/mol. The van der Waals surface area contributed by atoms with Crippen LogP contribution in [0.2, 0.25) is 5.02 Å². The fourth-order valence-electron chi connectivity index (χ4n) is 1.52. The number of rotatable bonds is 3. The predicted octanol–water partition coefficient (Wildman–Crippen LogP) is 4.68. The van der Waals surface area contributed by atoms with Gasteiger partial charge in [0.05, 0.1) is 7.11 Å². The van der Waals surface area contributed by atoms with Crippen molar-refractivity contribution in [1.82, 2.24) is 0 Å². The smallest absolute Gasteiger partial charge is 0.341 e. The van der Waals surface area contributed by atoms with Crippen molar-refractivity contribution in [3.05, 3.63) is 57.5 Å². The molecule has 3 nitrogen and oxygen atoms in total. The predicted molar refractivity (Wildman–Crippen MR) is 77.0 cm³/mol. The fraction of sp³-hybridized carbons (Fsp3) is 0.0714. The van der Waals surface area contributed by atoms with Crippen LogP contribution in [-0.4, -0.2) is 13.1 Å². The largest absolute Gasteiger partial charge is 0.465 e. The summed E-state index contributed by atoms with van der Waals surface area (Å²) in [5.74, 6) is 0.487. The molecular formula is C14H10BrClO3. The molecule has 0 saturated carbocycles. The van der Waals surface area contributed by atoms with Gasteiger partial charge in [-0.2, -0.15) is 0 Å².